The molecule has 1 aliphatic rings. The number of nitrogens with two attached hydrogens (primary N) is 1. The van der Waals surface area contributed by atoms with Crippen LogP contribution in [0, 0.1) is 0 Å². The van der Waals surface area contributed by atoms with E-state index in [0.717, 1.165) is 25.8 Å². The molecule has 0 unspecified atom stereocenters. The van der Waals surface area contributed by atoms with Gasteiger partial charge in [0, 0.05) is 12.6 Å². The first-order chi connectivity index (χ1) is 12.6. The van der Waals surface area contributed by atoms with Gasteiger partial charge in [-0.2, -0.15) is 0 Å². The molecule has 0 bridgehead atoms. The molecule has 1 saturated carbocycles. The molecule has 5 heteroatoms. The largest absolute Gasteiger partial charge is 0.486 e. The van der Waals surface area contributed by atoms with Crippen molar-refractivity contribution in [3.05, 3.63) is 65.2 Å². The Labute approximate surface area is 160 Å². The fraction of sp³-hybridized carbons (Fsp3) is 0.429. The maximum atomic E-state index is 10.9. The van der Waals surface area contributed by atoms with Crippen molar-refractivity contribution in [2.75, 3.05) is 13.6 Å². The first kappa shape index (κ1) is 19.2. The summed E-state index contributed by atoms with van der Waals surface area (Å²) in [5.41, 5.74) is 7.62. The maximum Gasteiger partial charge on any atom is 0.138 e. The van der Waals surface area contributed by atoms with Gasteiger partial charge in [-0.05, 0) is 44.0 Å². The van der Waals surface area contributed by atoms with Gasteiger partial charge in [-0.15, -0.1) is 0 Å². The van der Waals surface area contributed by atoms with Gasteiger partial charge in [-0.3, -0.25) is 4.90 Å². The predicted octanol–water partition coefficient (Wildman–Crippen LogP) is 3.11. The lowest BCUT2D eigenvalue weighted by Crippen LogP contribution is -2.61. The summed E-state index contributed by atoms with van der Waals surface area (Å²) >= 11 is 6.19. The topological polar surface area (TPSA) is 58.7 Å². The zero-order chi connectivity index (χ0) is 18.5. The van der Waals surface area contributed by atoms with Gasteiger partial charge >= 0.3 is 0 Å². The van der Waals surface area contributed by atoms with Crippen LogP contribution < -0.4 is 10.5 Å². The number of aliphatic hydroxyl groups excluding tert-OH is 1. The third kappa shape index (κ3) is 4.57. The molecule has 1 fully saturated rings. The summed E-state index contributed by atoms with van der Waals surface area (Å²) in [6.07, 6.45) is 1.49. The minimum Gasteiger partial charge on any atom is -0.486 e. The summed E-state index contributed by atoms with van der Waals surface area (Å²) in [5, 5.41) is 11.5. The fourth-order valence-electron chi connectivity index (χ4n) is 3.69. The third-order valence-corrected chi connectivity index (χ3v) is 5.49. The van der Waals surface area contributed by atoms with E-state index in [4.69, 9.17) is 22.1 Å². The number of rotatable bonds is 6. The molecule has 4 atom stereocenters. The van der Waals surface area contributed by atoms with Crippen LogP contribution in [0.1, 0.15) is 18.4 Å². The van der Waals surface area contributed by atoms with Gasteiger partial charge in [0.05, 0.1) is 11.1 Å². The van der Waals surface area contributed by atoms with Crippen molar-refractivity contribution in [2.45, 2.75) is 43.6 Å². The molecule has 3 N–H and O–H groups in total. The number of ether oxygens (including phenoxy) is 1. The van der Waals surface area contributed by atoms with Gasteiger partial charge in [0.2, 0.25) is 0 Å². The van der Waals surface area contributed by atoms with Crippen molar-refractivity contribution < 1.29 is 9.84 Å². The van der Waals surface area contributed by atoms with E-state index in [9.17, 15) is 5.11 Å². The highest BCUT2D eigenvalue weighted by atomic mass is 35.5. The van der Waals surface area contributed by atoms with Gasteiger partial charge < -0.3 is 15.6 Å². The molecule has 2 aromatic rings. The van der Waals surface area contributed by atoms with E-state index < -0.39 is 6.10 Å². The Kier molecular flexibility index (Phi) is 6.54. The summed E-state index contributed by atoms with van der Waals surface area (Å²) in [4.78, 5) is 2.16. The highest BCUT2D eigenvalue weighted by Crippen LogP contribution is 2.30. The smallest absolute Gasteiger partial charge is 0.138 e. The molecule has 0 amide bonds. The lowest BCUT2D eigenvalue weighted by molar-refractivity contribution is -0.0546. The van der Waals surface area contributed by atoms with Crippen LogP contribution in [-0.2, 0) is 6.42 Å². The molecule has 0 radical (unpaired) electrons. The van der Waals surface area contributed by atoms with Crippen molar-refractivity contribution in [3.63, 3.8) is 0 Å². The number of halogens is 1. The summed E-state index contributed by atoms with van der Waals surface area (Å²) in [6, 6.07) is 17.5. The molecule has 140 valence electrons. The fourth-order valence-corrected chi connectivity index (χ4v) is 3.87. The normalized spacial score (nSPS) is 26.0. The average Bonchev–Trinajstić information content (AvgIpc) is 2.65. The van der Waals surface area contributed by atoms with E-state index in [1.807, 2.05) is 43.4 Å². The van der Waals surface area contributed by atoms with Crippen LogP contribution in [0.3, 0.4) is 0 Å². The zero-order valence-electron chi connectivity index (χ0n) is 15.1. The van der Waals surface area contributed by atoms with Gasteiger partial charge in [-0.1, -0.05) is 54.1 Å². The molecular weight excluding hydrogens is 348 g/mol. The second-order valence-electron chi connectivity index (χ2n) is 7.03. The Bertz CT molecular complexity index is 697. The van der Waals surface area contributed by atoms with Crippen molar-refractivity contribution in [1.29, 1.82) is 0 Å². The van der Waals surface area contributed by atoms with Crippen LogP contribution in [0.5, 0.6) is 5.75 Å². The first-order valence-electron chi connectivity index (χ1n) is 9.15. The molecule has 3 rings (SSSR count). The van der Waals surface area contributed by atoms with Crippen LogP contribution >= 0.6 is 11.6 Å². The minimum atomic E-state index is -0.657. The lowest BCUT2D eigenvalue weighted by atomic mass is 9.85. The number of nitrogens with zero attached hydrogens (tertiary/aromatic N) is 1. The average molecular weight is 375 g/mol. The number of likely N-dealkylation sites (N-methyl/N-ethyl adjacent to an activating group) is 1. The second kappa shape index (κ2) is 8.87. The van der Waals surface area contributed by atoms with Crippen molar-refractivity contribution in [2.24, 2.45) is 5.73 Å². The highest BCUT2D eigenvalue weighted by molar-refractivity contribution is 6.32. The van der Waals surface area contributed by atoms with Crippen molar-refractivity contribution in [1.82, 2.24) is 4.90 Å². The van der Waals surface area contributed by atoms with E-state index >= 15 is 0 Å². The van der Waals surface area contributed by atoms with Crippen LogP contribution in [0.4, 0.5) is 0 Å². The van der Waals surface area contributed by atoms with Crippen molar-refractivity contribution >= 4 is 11.6 Å². The van der Waals surface area contributed by atoms with Crippen LogP contribution in [0.2, 0.25) is 5.02 Å². The first-order valence-corrected chi connectivity index (χ1v) is 9.53. The van der Waals surface area contributed by atoms with Crippen LogP contribution in [0.25, 0.3) is 0 Å². The molecule has 0 heterocycles. The molecule has 0 aromatic heterocycles. The van der Waals surface area contributed by atoms with Gasteiger partial charge in [0.25, 0.3) is 0 Å². The van der Waals surface area contributed by atoms with Crippen molar-refractivity contribution in [3.8, 4) is 5.75 Å². The minimum absolute atomic E-state index is 0.0723. The Balaban J connectivity index is 1.64. The molecule has 26 heavy (non-hydrogen) atoms. The predicted molar refractivity (Wildman–Crippen MR) is 106 cm³/mol. The molecule has 4 nitrogen and oxygen atoms in total. The number of aliphatic hydroxyl groups is 1. The number of benzene rings is 2. The zero-order valence-corrected chi connectivity index (χ0v) is 15.8. The SMILES string of the molecule is CN(CCc1ccccc1)[C@@H]1[C@@H](O)[C@H](Oc2ccccc2Cl)CC[C@H]1N. The molecule has 0 saturated heterocycles. The summed E-state index contributed by atoms with van der Waals surface area (Å²) < 4.78 is 6.03. The second-order valence-corrected chi connectivity index (χ2v) is 7.43. The summed E-state index contributed by atoms with van der Waals surface area (Å²) in [6.45, 7) is 0.832. The van der Waals surface area contributed by atoms with Crippen LogP contribution in [-0.4, -0.2) is 47.9 Å². The standard InChI is InChI=1S/C21H27ClN2O2/c1-24(14-13-15-7-3-2-4-8-15)20-17(23)11-12-19(21(20)25)26-18-10-6-5-9-16(18)22/h2-10,17,19-21,25H,11-14,23H2,1H3/t17-,19-,20+,21+/m1/s1. The van der Waals surface area contributed by atoms with E-state index in [-0.39, 0.29) is 18.2 Å². The Morgan fingerprint density at radius 2 is 1.81 bits per heavy atom. The Morgan fingerprint density at radius 3 is 2.54 bits per heavy atom. The molecule has 0 aliphatic heterocycles. The third-order valence-electron chi connectivity index (χ3n) is 5.17. The molecule has 0 spiro atoms. The highest BCUT2D eigenvalue weighted by Gasteiger charge is 2.40. The van der Waals surface area contributed by atoms with E-state index in [2.05, 4.69) is 17.0 Å². The Hall–Kier alpha value is -1.59. The molecule has 2 aromatic carbocycles. The van der Waals surface area contributed by atoms with E-state index in [1.54, 1.807) is 6.07 Å². The molecular formula is C21H27ClN2O2. The van der Waals surface area contributed by atoms with E-state index in [1.165, 1.54) is 5.56 Å². The number of hydrogen-bond acceptors (Lipinski definition) is 4. The maximum absolute atomic E-state index is 10.9. The molecule has 1 aliphatic carbocycles. The van der Waals surface area contributed by atoms with E-state index in [0.29, 0.717) is 10.8 Å². The quantitative estimate of drug-likeness (QED) is 0.815. The number of para-hydroxylation sites is 1. The summed E-state index contributed by atoms with van der Waals surface area (Å²) in [5.74, 6) is 0.611. The number of hydrogen-bond donors (Lipinski definition) is 2. The monoisotopic (exact) mass is 374 g/mol. The summed E-state index contributed by atoms with van der Waals surface area (Å²) in [7, 11) is 2.02. The van der Waals surface area contributed by atoms with Crippen LogP contribution in [0.15, 0.2) is 54.6 Å². The van der Waals surface area contributed by atoms with Gasteiger partial charge in [-0.25, -0.2) is 0 Å². The van der Waals surface area contributed by atoms with Gasteiger partial charge in [0.15, 0.2) is 0 Å². The van der Waals surface area contributed by atoms with Gasteiger partial charge in [0.1, 0.15) is 18.0 Å². The Morgan fingerprint density at radius 1 is 1.12 bits per heavy atom. The lowest BCUT2D eigenvalue weighted by Gasteiger charge is -2.43.